The molecule has 1 fully saturated rings. The molecule has 1 rings (SSSR count). The molecule has 0 bridgehead atoms. The Bertz CT molecular complexity index is 160. The van der Waals surface area contributed by atoms with Gasteiger partial charge in [-0.1, -0.05) is 27.7 Å². The molecule has 0 aromatic carbocycles. The molecule has 1 saturated heterocycles. The summed E-state index contributed by atoms with van der Waals surface area (Å²) >= 11 is 0. The van der Waals surface area contributed by atoms with Gasteiger partial charge in [-0.2, -0.15) is 0 Å². The Kier molecular flexibility index (Phi) is 4.39. The van der Waals surface area contributed by atoms with E-state index in [4.69, 9.17) is 4.74 Å². The van der Waals surface area contributed by atoms with E-state index in [9.17, 15) is 0 Å². The molecule has 0 spiro atoms. The van der Waals surface area contributed by atoms with Crippen molar-refractivity contribution in [2.75, 3.05) is 19.8 Å². The summed E-state index contributed by atoms with van der Waals surface area (Å²) in [6.45, 7) is 12.0. The Labute approximate surface area is 88.4 Å². The number of ether oxygens (including phenoxy) is 1. The molecule has 1 N–H and O–H groups in total. The lowest BCUT2D eigenvalue weighted by molar-refractivity contribution is -0.0341. The molecule has 0 radical (unpaired) electrons. The van der Waals surface area contributed by atoms with Gasteiger partial charge in [-0.25, -0.2) is 0 Å². The Hall–Kier alpha value is -0.0800. The van der Waals surface area contributed by atoms with Crippen LogP contribution in [0, 0.1) is 11.3 Å². The summed E-state index contributed by atoms with van der Waals surface area (Å²) in [6.07, 6.45) is 2.53. The molecule has 2 nitrogen and oxygen atoms in total. The van der Waals surface area contributed by atoms with E-state index in [2.05, 4.69) is 33.0 Å². The van der Waals surface area contributed by atoms with Gasteiger partial charge in [0.1, 0.15) is 0 Å². The molecule has 84 valence electrons. The van der Waals surface area contributed by atoms with Crippen molar-refractivity contribution in [2.45, 2.75) is 46.6 Å². The Morgan fingerprint density at radius 2 is 2.00 bits per heavy atom. The van der Waals surface area contributed by atoms with Crippen LogP contribution in [0.2, 0.25) is 0 Å². The summed E-state index contributed by atoms with van der Waals surface area (Å²) in [5.41, 5.74) is 0.378. The fourth-order valence-electron chi connectivity index (χ4n) is 2.08. The Morgan fingerprint density at radius 3 is 2.43 bits per heavy atom. The lowest BCUT2D eigenvalue weighted by Gasteiger charge is -2.41. The summed E-state index contributed by atoms with van der Waals surface area (Å²) in [7, 11) is 0. The second-order valence-electron chi connectivity index (χ2n) is 5.21. The molecular weight excluding hydrogens is 174 g/mol. The van der Waals surface area contributed by atoms with Crippen LogP contribution in [0.3, 0.4) is 0 Å². The lowest BCUT2D eigenvalue weighted by Crippen LogP contribution is -2.46. The maximum Gasteiger partial charge on any atom is 0.0537 e. The quantitative estimate of drug-likeness (QED) is 0.751. The van der Waals surface area contributed by atoms with Crippen molar-refractivity contribution in [3.63, 3.8) is 0 Å². The van der Waals surface area contributed by atoms with Gasteiger partial charge in [-0.05, 0) is 18.8 Å². The molecular formula is C12H25NO. The molecule has 0 aliphatic carbocycles. The molecule has 14 heavy (non-hydrogen) atoms. The predicted molar refractivity (Wildman–Crippen MR) is 60.5 cm³/mol. The van der Waals surface area contributed by atoms with Gasteiger partial charge in [-0.3, -0.25) is 0 Å². The molecule has 0 saturated carbocycles. The Morgan fingerprint density at radius 1 is 1.29 bits per heavy atom. The van der Waals surface area contributed by atoms with E-state index in [0.29, 0.717) is 17.4 Å². The molecule has 1 aliphatic rings. The fraction of sp³-hybridized carbons (Fsp3) is 1.00. The largest absolute Gasteiger partial charge is 0.381 e. The molecule has 0 aromatic rings. The van der Waals surface area contributed by atoms with Crippen molar-refractivity contribution in [2.24, 2.45) is 11.3 Å². The highest BCUT2D eigenvalue weighted by molar-refractivity contribution is 4.87. The third-order valence-corrected chi connectivity index (χ3v) is 3.44. The van der Waals surface area contributed by atoms with Crippen LogP contribution in [0.1, 0.15) is 40.5 Å². The standard InChI is InChI=1S/C12H25NO/c1-10(2)12(8-13-11(3)4)6-5-7-14-9-12/h10-11,13H,5-9H2,1-4H3. The smallest absolute Gasteiger partial charge is 0.0537 e. The first-order valence-corrected chi connectivity index (χ1v) is 5.88. The van der Waals surface area contributed by atoms with Crippen LogP contribution in [0.15, 0.2) is 0 Å². The average Bonchev–Trinajstić information content (AvgIpc) is 2.16. The van der Waals surface area contributed by atoms with Crippen molar-refractivity contribution in [1.29, 1.82) is 0 Å². The van der Waals surface area contributed by atoms with Gasteiger partial charge < -0.3 is 10.1 Å². The van der Waals surface area contributed by atoms with Gasteiger partial charge in [-0.15, -0.1) is 0 Å². The van der Waals surface area contributed by atoms with Crippen molar-refractivity contribution >= 4 is 0 Å². The van der Waals surface area contributed by atoms with Gasteiger partial charge in [0.25, 0.3) is 0 Å². The second kappa shape index (κ2) is 5.13. The molecule has 1 unspecified atom stereocenters. The van der Waals surface area contributed by atoms with Crippen LogP contribution in [0.25, 0.3) is 0 Å². The molecule has 0 amide bonds. The molecule has 1 aliphatic heterocycles. The summed E-state index contributed by atoms with van der Waals surface area (Å²) in [6, 6.07) is 0.576. The van der Waals surface area contributed by atoms with Crippen LogP contribution in [-0.4, -0.2) is 25.8 Å². The number of nitrogens with one attached hydrogen (secondary N) is 1. The number of hydrogen-bond donors (Lipinski definition) is 1. The van der Waals surface area contributed by atoms with Gasteiger partial charge in [0, 0.05) is 24.6 Å². The van der Waals surface area contributed by atoms with Gasteiger partial charge in [0.15, 0.2) is 0 Å². The summed E-state index contributed by atoms with van der Waals surface area (Å²) in [5, 5.41) is 3.56. The first-order chi connectivity index (χ1) is 6.57. The van der Waals surface area contributed by atoms with Crippen LogP contribution in [0.5, 0.6) is 0 Å². The van der Waals surface area contributed by atoms with Crippen LogP contribution >= 0.6 is 0 Å². The lowest BCUT2D eigenvalue weighted by atomic mass is 9.73. The van der Waals surface area contributed by atoms with Crippen LogP contribution in [-0.2, 0) is 4.74 Å². The molecule has 1 atom stereocenters. The minimum atomic E-state index is 0.378. The Balaban J connectivity index is 2.52. The highest BCUT2D eigenvalue weighted by atomic mass is 16.5. The highest BCUT2D eigenvalue weighted by Gasteiger charge is 2.35. The first kappa shape index (κ1) is 12.0. The third kappa shape index (κ3) is 2.96. The van der Waals surface area contributed by atoms with Crippen molar-refractivity contribution in [3.05, 3.63) is 0 Å². The molecule has 2 heteroatoms. The minimum Gasteiger partial charge on any atom is -0.381 e. The van der Waals surface area contributed by atoms with E-state index >= 15 is 0 Å². The first-order valence-electron chi connectivity index (χ1n) is 5.88. The predicted octanol–water partition coefficient (Wildman–Crippen LogP) is 2.44. The minimum absolute atomic E-state index is 0.378. The van der Waals surface area contributed by atoms with Gasteiger partial charge >= 0.3 is 0 Å². The fourth-order valence-corrected chi connectivity index (χ4v) is 2.08. The average molecular weight is 199 g/mol. The van der Waals surface area contributed by atoms with Crippen molar-refractivity contribution in [3.8, 4) is 0 Å². The normalized spacial score (nSPS) is 28.7. The van der Waals surface area contributed by atoms with E-state index < -0.39 is 0 Å². The van der Waals surface area contributed by atoms with E-state index in [0.717, 1.165) is 19.8 Å². The highest BCUT2D eigenvalue weighted by Crippen LogP contribution is 2.35. The third-order valence-electron chi connectivity index (χ3n) is 3.44. The maximum absolute atomic E-state index is 5.64. The maximum atomic E-state index is 5.64. The van der Waals surface area contributed by atoms with Gasteiger partial charge in [0.2, 0.25) is 0 Å². The van der Waals surface area contributed by atoms with Crippen molar-refractivity contribution < 1.29 is 4.74 Å². The SMILES string of the molecule is CC(C)NCC1(C(C)C)CCCOC1. The monoisotopic (exact) mass is 199 g/mol. The topological polar surface area (TPSA) is 21.3 Å². The summed E-state index contributed by atoms with van der Waals surface area (Å²) < 4.78 is 5.64. The van der Waals surface area contributed by atoms with E-state index in [-0.39, 0.29) is 0 Å². The molecule has 1 heterocycles. The second-order valence-corrected chi connectivity index (χ2v) is 5.21. The zero-order chi connectivity index (χ0) is 10.6. The zero-order valence-corrected chi connectivity index (χ0v) is 10.1. The number of rotatable bonds is 4. The van der Waals surface area contributed by atoms with Crippen LogP contribution in [0.4, 0.5) is 0 Å². The van der Waals surface area contributed by atoms with E-state index in [1.807, 2.05) is 0 Å². The zero-order valence-electron chi connectivity index (χ0n) is 10.1. The summed E-state index contributed by atoms with van der Waals surface area (Å²) in [5.74, 6) is 0.703. The summed E-state index contributed by atoms with van der Waals surface area (Å²) in [4.78, 5) is 0. The van der Waals surface area contributed by atoms with E-state index in [1.54, 1.807) is 0 Å². The van der Waals surface area contributed by atoms with Crippen LogP contribution < -0.4 is 5.32 Å². The number of hydrogen-bond acceptors (Lipinski definition) is 2. The van der Waals surface area contributed by atoms with Gasteiger partial charge in [0.05, 0.1) is 6.61 Å². The van der Waals surface area contributed by atoms with Crippen molar-refractivity contribution in [1.82, 2.24) is 5.32 Å². The molecule has 0 aromatic heterocycles. The van der Waals surface area contributed by atoms with E-state index in [1.165, 1.54) is 12.8 Å².